The minimum atomic E-state index is 0.365. The topological polar surface area (TPSA) is 102 Å². The van der Waals surface area contributed by atoms with Crippen molar-refractivity contribution in [3.63, 3.8) is 0 Å². The van der Waals surface area contributed by atoms with Crippen molar-refractivity contribution in [3.8, 4) is 0 Å². The molecule has 1 fully saturated rings. The van der Waals surface area contributed by atoms with Crippen LogP contribution in [0.4, 0.5) is 17.6 Å². The van der Waals surface area contributed by atoms with Crippen molar-refractivity contribution in [1.29, 1.82) is 0 Å². The average Bonchev–Trinajstić information content (AvgIpc) is 3.15. The predicted molar refractivity (Wildman–Crippen MR) is 129 cm³/mol. The highest BCUT2D eigenvalue weighted by atomic mass is 16.5. The van der Waals surface area contributed by atoms with Crippen molar-refractivity contribution in [2.75, 3.05) is 49.7 Å². The molecule has 2 N–H and O–H groups in total. The fourth-order valence-corrected chi connectivity index (χ4v) is 3.95. The number of fused-ring (bicyclic) bond motifs is 1. The largest absolute Gasteiger partial charge is 0.380 e. The maximum atomic E-state index is 5.72. The Morgan fingerprint density at radius 2 is 2.06 bits per heavy atom. The summed E-state index contributed by atoms with van der Waals surface area (Å²) in [5.74, 6) is 2.11. The summed E-state index contributed by atoms with van der Waals surface area (Å²) in [5.41, 5.74) is 3.55. The molecule has 0 saturated carbocycles. The van der Waals surface area contributed by atoms with Crippen LogP contribution in [0.1, 0.15) is 32.0 Å². The molecule has 1 aliphatic rings. The monoisotopic (exact) mass is 454 g/mol. The summed E-state index contributed by atoms with van der Waals surface area (Å²) in [4.78, 5) is 16.6. The molecule has 0 amide bonds. The summed E-state index contributed by atoms with van der Waals surface area (Å²) in [5, 5.41) is 11.7. The Labute approximate surface area is 194 Å². The molecule has 0 spiro atoms. The molecule has 178 valence electrons. The summed E-state index contributed by atoms with van der Waals surface area (Å²) >= 11 is 0. The highest BCUT2D eigenvalue weighted by molar-refractivity contribution is 5.90. The number of ether oxygens (including phenoxy) is 2. The molecule has 4 heterocycles. The van der Waals surface area contributed by atoms with Crippen molar-refractivity contribution in [1.82, 2.24) is 30.0 Å². The zero-order valence-corrected chi connectivity index (χ0v) is 20.0. The van der Waals surface area contributed by atoms with Crippen LogP contribution in [0, 0.1) is 6.92 Å². The Bertz CT molecular complexity index is 1070. The van der Waals surface area contributed by atoms with Crippen LogP contribution < -0.4 is 15.5 Å². The number of anilines is 3. The minimum Gasteiger partial charge on any atom is -0.380 e. The Balaban J connectivity index is 1.82. The van der Waals surface area contributed by atoms with Gasteiger partial charge < -0.3 is 25.0 Å². The van der Waals surface area contributed by atoms with Gasteiger partial charge >= 0.3 is 0 Å². The molecule has 1 saturated heterocycles. The fraction of sp³-hybridized carbons (Fsp3) is 0.565. The molecule has 0 unspecified atom stereocenters. The molecule has 0 aromatic carbocycles. The number of pyridine rings is 1. The molecule has 33 heavy (non-hydrogen) atoms. The summed E-state index contributed by atoms with van der Waals surface area (Å²) < 4.78 is 13.2. The van der Waals surface area contributed by atoms with Gasteiger partial charge in [-0.1, -0.05) is 0 Å². The summed E-state index contributed by atoms with van der Waals surface area (Å²) in [6.07, 6.45) is 1.79. The van der Waals surface area contributed by atoms with E-state index in [-0.39, 0.29) is 0 Å². The van der Waals surface area contributed by atoms with Gasteiger partial charge in [0.25, 0.3) is 0 Å². The van der Waals surface area contributed by atoms with Gasteiger partial charge in [0.15, 0.2) is 5.82 Å². The molecule has 3 aromatic heterocycles. The molecule has 0 radical (unpaired) electrons. The van der Waals surface area contributed by atoms with E-state index in [2.05, 4.69) is 27.4 Å². The first-order valence-corrected chi connectivity index (χ1v) is 11.7. The van der Waals surface area contributed by atoms with E-state index >= 15 is 0 Å². The van der Waals surface area contributed by atoms with Gasteiger partial charge in [-0.2, -0.15) is 10.1 Å². The van der Waals surface area contributed by atoms with Crippen molar-refractivity contribution in [2.45, 2.75) is 46.9 Å². The highest BCUT2D eigenvalue weighted by Crippen LogP contribution is 2.29. The first kappa shape index (κ1) is 23.3. The quantitative estimate of drug-likeness (QED) is 0.448. The average molecular weight is 455 g/mol. The molecule has 1 atom stereocenters. The molecule has 0 aliphatic carbocycles. The van der Waals surface area contributed by atoms with E-state index < -0.39 is 0 Å². The minimum absolute atomic E-state index is 0.365. The third-order valence-corrected chi connectivity index (χ3v) is 5.55. The number of aromatic nitrogens is 5. The van der Waals surface area contributed by atoms with Gasteiger partial charge in [-0.15, -0.1) is 0 Å². The fourth-order valence-electron chi connectivity index (χ4n) is 3.95. The molecule has 10 heteroatoms. The lowest BCUT2D eigenvalue weighted by Crippen LogP contribution is -2.49. The Hall–Kier alpha value is -2.82. The van der Waals surface area contributed by atoms with E-state index in [9.17, 15) is 0 Å². The van der Waals surface area contributed by atoms with Crippen LogP contribution in [0.2, 0.25) is 0 Å². The van der Waals surface area contributed by atoms with Crippen LogP contribution in [-0.2, 0) is 22.6 Å². The van der Waals surface area contributed by atoms with Crippen LogP contribution in [0.15, 0.2) is 18.3 Å². The SMILES string of the molecule is CCOCCn1nc(COCC)c2nc(N3CCN[C@H](C)C3)nc(Nc3cc(C)ccn3)c21. The third kappa shape index (κ3) is 5.58. The number of hydrogen-bond acceptors (Lipinski definition) is 9. The molecule has 1 aliphatic heterocycles. The number of aryl methyl sites for hydroxylation is 1. The number of piperazine rings is 1. The van der Waals surface area contributed by atoms with E-state index in [4.69, 9.17) is 24.5 Å². The highest BCUT2D eigenvalue weighted by Gasteiger charge is 2.24. The van der Waals surface area contributed by atoms with Gasteiger partial charge in [0.05, 0.1) is 19.8 Å². The number of hydrogen-bond donors (Lipinski definition) is 2. The molecule has 4 rings (SSSR count). The van der Waals surface area contributed by atoms with Gasteiger partial charge in [0.2, 0.25) is 5.95 Å². The van der Waals surface area contributed by atoms with Crippen LogP contribution >= 0.6 is 0 Å². The zero-order chi connectivity index (χ0) is 23.2. The van der Waals surface area contributed by atoms with Crippen LogP contribution in [0.25, 0.3) is 11.0 Å². The Morgan fingerprint density at radius 3 is 2.82 bits per heavy atom. The van der Waals surface area contributed by atoms with Crippen LogP contribution in [0.3, 0.4) is 0 Å². The summed E-state index contributed by atoms with van der Waals surface area (Å²) in [6.45, 7) is 13.6. The standard InChI is InChI=1S/C23H34N8O2/c1-5-32-12-11-31-21-20(18(29-31)15-33-6-2)27-23(30-10-9-24-17(4)14-30)28-22(21)26-19-13-16(3)7-8-25-19/h7-8,13,17,24H,5-6,9-12,14-15H2,1-4H3,(H,25,26,27,28)/t17-/m1/s1. The lowest BCUT2D eigenvalue weighted by Gasteiger charge is -2.32. The number of rotatable bonds is 10. The smallest absolute Gasteiger partial charge is 0.228 e. The first-order chi connectivity index (χ1) is 16.1. The second-order valence-corrected chi connectivity index (χ2v) is 8.22. The van der Waals surface area contributed by atoms with Crippen molar-refractivity contribution < 1.29 is 9.47 Å². The van der Waals surface area contributed by atoms with Crippen molar-refractivity contribution in [2.24, 2.45) is 0 Å². The van der Waals surface area contributed by atoms with E-state index in [1.807, 2.05) is 37.6 Å². The van der Waals surface area contributed by atoms with Crippen molar-refractivity contribution in [3.05, 3.63) is 29.6 Å². The molecule has 0 bridgehead atoms. The first-order valence-electron chi connectivity index (χ1n) is 11.7. The van der Waals surface area contributed by atoms with Crippen LogP contribution in [-0.4, -0.2) is 70.2 Å². The molecular weight excluding hydrogens is 420 g/mol. The maximum Gasteiger partial charge on any atom is 0.228 e. The van der Waals surface area contributed by atoms with E-state index in [0.29, 0.717) is 50.8 Å². The lowest BCUT2D eigenvalue weighted by atomic mass is 10.2. The Morgan fingerprint density at radius 1 is 1.21 bits per heavy atom. The van der Waals surface area contributed by atoms with Gasteiger partial charge in [-0.3, -0.25) is 4.68 Å². The molecule has 3 aromatic rings. The molecule has 10 nitrogen and oxygen atoms in total. The zero-order valence-electron chi connectivity index (χ0n) is 20.0. The molecular formula is C23H34N8O2. The second-order valence-electron chi connectivity index (χ2n) is 8.22. The predicted octanol–water partition coefficient (Wildman–Crippen LogP) is 2.64. The van der Waals surface area contributed by atoms with E-state index in [1.165, 1.54) is 0 Å². The van der Waals surface area contributed by atoms with Gasteiger partial charge in [0.1, 0.15) is 22.5 Å². The van der Waals surface area contributed by atoms with Crippen LogP contribution in [0.5, 0.6) is 0 Å². The maximum absolute atomic E-state index is 5.72. The van der Waals surface area contributed by atoms with E-state index in [1.54, 1.807) is 6.20 Å². The number of nitrogens with zero attached hydrogens (tertiary/aromatic N) is 6. The summed E-state index contributed by atoms with van der Waals surface area (Å²) in [6, 6.07) is 4.34. The summed E-state index contributed by atoms with van der Waals surface area (Å²) in [7, 11) is 0. The Kier molecular flexibility index (Phi) is 7.69. The van der Waals surface area contributed by atoms with E-state index in [0.717, 1.165) is 47.7 Å². The van der Waals surface area contributed by atoms with Gasteiger partial charge in [-0.05, 0) is 45.4 Å². The van der Waals surface area contributed by atoms with Gasteiger partial charge in [-0.25, -0.2) is 9.97 Å². The number of nitrogens with one attached hydrogen (secondary N) is 2. The normalized spacial score (nSPS) is 16.5. The third-order valence-electron chi connectivity index (χ3n) is 5.55. The second kappa shape index (κ2) is 10.9. The van der Waals surface area contributed by atoms with Crippen molar-refractivity contribution >= 4 is 28.6 Å². The van der Waals surface area contributed by atoms with Gasteiger partial charge in [0, 0.05) is 45.1 Å². The lowest BCUT2D eigenvalue weighted by molar-refractivity contribution is 0.128.